The topological polar surface area (TPSA) is 67.4 Å². The van der Waals surface area contributed by atoms with E-state index in [1.54, 1.807) is 30.6 Å². The number of hydrogen-bond donors (Lipinski definition) is 1. The molecule has 2 heterocycles. The Morgan fingerprint density at radius 2 is 2.17 bits per heavy atom. The Hall–Kier alpha value is -2.63. The molecule has 1 atom stereocenters. The van der Waals surface area contributed by atoms with Crippen molar-refractivity contribution in [1.82, 2.24) is 14.9 Å². The number of urea groups is 1. The summed E-state index contributed by atoms with van der Waals surface area (Å²) in [6, 6.07) is 9.21. The molecule has 1 saturated heterocycles. The van der Waals surface area contributed by atoms with Crippen LogP contribution < -0.4 is 10.1 Å². The lowest BCUT2D eigenvalue weighted by atomic mass is 9.96. The minimum atomic E-state index is -0.0544. The summed E-state index contributed by atoms with van der Waals surface area (Å²) in [5.74, 6) is 1.19. The van der Waals surface area contributed by atoms with Crippen LogP contribution in [-0.4, -0.2) is 34.0 Å². The molecule has 6 nitrogen and oxygen atoms in total. The number of likely N-dealkylation sites (tertiary alicyclic amines) is 1. The molecule has 1 aromatic carbocycles. The fourth-order valence-corrected chi connectivity index (χ4v) is 2.87. The van der Waals surface area contributed by atoms with E-state index < -0.39 is 0 Å². The number of anilines is 1. The van der Waals surface area contributed by atoms with Crippen LogP contribution >= 0.6 is 0 Å². The van der Waals surface area contributed by atoms with Crippen LogP contribution in [0.3, 0.4) is 0 Å². The number of nitrogens with zero attached hydrogens (tertiary/aromatic N) is 3. The molecule has 1 N–H and O–H groups in total. The molecule has 0 radical (unpaired) electrons. The van der Waals surface area contributed by atoms with Crippen LogP contribution in [-0.2, 0) is 0 Å². The second kappa shape index (κ2) is 7.77. The van der Waals surface area contributed by atoms with Gasteiger partial charge in [-0.25, -0.2) is 14.8 Å². The molecule has 1 fully saturated rings. The van der Waals surface area contributed by atoms with Crippen LogP contribution in [0.25, 0.3) is 0 Å². The number of aromatic nitrogens is 2. The molecule has 1 aromatic heterocycles. The molecule has 0 saturated carbocycles. The van der Waals surface area contributed by atoms with E-state index in [1.807, 2.05) is 17.0 Å². The van der Waals surface area contributed by atoms with Gasteiger partial charge in [0.2, 0.25) is 0 Å². The SMILES string of the molecule is CC[C@@H]1CCCN(C(=O)Nc2cccc(Oc3ncccn3)c2)C1. The molecule has 0 bridgehead atoms. The molecule has 24 heavy (non-hydrogen) atoms. The Labute approximate surface area is 141 Å². The average Bonchev–Trinajstić information content (AvgIpc) is 2.63. The monoisotopic (exact) mass is 326 g/mol. The van der Waals surface area contributed by atoms with Gasteiger partial charge >= 0.3 is 12.0 Å². The molecule has 0 aliphatic carbocycles. The first-order chi connectivity index (χ1) is 11.7. The van der Waals surface area contributed by atoms with E-state index in [1.165, 1.54) is 6.42 Å². The van der Waals surface area contributed by atoms with Crippen molar-refractivity contribution in [2.45, 2.75) is 26.2 Å². The number of benzene rings is 1. The van der Waals surface area contributed by atoms with Crippen LogP contribution in [0.2, 0.25) is 0 Å². The van der Waals surface area contributed by atoms with E-state index in [4.69, 9.17) is 4.74 Å². The third-order valence-electron chi connectivity index (χ3n) is 4.22. The maximum atomic E-state index is 12.4. The molecule has 126 valence electrons. The minimum Gasteiger partial charge on any atom is -0.424 e. The lowest BCUT2D eigenvalue weighted by Crippen LogP contribution is -2.42. The second-order valence-corrected chi connectivity index (χ2v) is 5.95. The maximum absolute atomic E-state index is 12.4. The van der Waals surface area contributed by atoms with Gasteiger partial charge in [0.25, 0.3) is 0 Å². The molecule has 2 amide bonds. The van der Waals surface area contributed by atoms with E-state index in [9.17, 15) is 4.79 Å². The van der Waals surface area contributed by atoms with Gasteiger partial charge in [-0.05, 0) is 37.0 Å². The number of ether oxygens (including phenoxy) is 1. The summed E-state index contributed by atoms with van der Waals surface area (Å²) >= 11 is 0. The summed E-state index contributed by atoms with van der Waals surface area (Å²) in [7, 11) is 0. The summed E-state index contributed by atoms with van der Waals surface area (Å²) in [4.78, 5) is 22.4. The third kappa shape index (κ3) is 4.22. The smallest absolute Gasteiger partial charge is 0.321 e. The van der Waals surface area contributed by atoms with E-state index in [0.717, 1.165) is 25.9 Å². The summed E-state index contributed by atoms with van der Waals surface area (Å²) in [5, 5.41) is 2.95. The molecule has 1 aliphatic heterocycles. The van der Waals surface area contributed by atoms with Crippen LogP contribution in [0.15, 0.2) is 42.7 Å². The average molecular weight is 326 g/mol. The Bertz CT molecular complexity index is 678. The predicted molar refractivity (Wildman–Crippen MR) is 92.2 cm³/mol. The van der Waals surface area contributed by atoms with Gasteiger partial charge in [0, 0.05) is 37.2 Å². The molecule has 1 aliphatic rings. The molecular weight excluding hydrogens is 304 g/mol. The van der Waals surface area contributed by atoms with Gasteiger partial charge in [0.1, 0.15) is 5.75 Å². The lowest BCUT2D eigenvalue weighted by Gasteiger charge is -2.32. The van der Waals surface area contributed by atoms with E-state index in [2.05, 4.69) is 22.2 Å². The Balaban J connectivity index is 1.63. The number of nitrogens with one attached hydrogen (secondary N) is 1. The summed E-state index contributed by atoms with van der Waals surface area (Å²) in [6.07, 6.45) is 6.63. The number of rotatable bonds is 4. The quantitative estimate of drug-likeness (QED) is 0.924. The largest absolute Gasteiger partial charge is 0.424 e. The van der Waals surface area contributed by atoms with E-state index >= 15 is 0 Å². The first kappa shape index (κ1) is 16.2. The van der Waals surface area contributed by atoms with Gasteiger partial charge in [-0.1, -0.05) is 19.4 Å². The van der Waals surface area contributed by atoms with Crippen molar-refractivity contribution in [2.75, 3.05) is 18.4 Å². The third-order valence-corrected chi connectivity index (χ3v) is 4.22. The first-order valence-electron chi connectivity index (χ1n) is 8.35. The van der Waals surface area contributed by atoms with Crippen LogP contribution in [0.5, 0.6) is 11.8 Å². The van der Waals surface area contributed by atoms with Crippen LogP contribution in [0, 0.1) is 5.92 Å². The van der Waals surface area contributed by atoms with Crippen LogP contribution in [0.4, 0.5) is 10.5 Å². The number of piperidine rings is 1. The van der Waals surface area contributed by atoms with Gasteiger partial charge in [0.05, 0.1) is 0 Å². The van der Waals surface area contributed by atoms with Crippen molar-refractivity contribution in [3.05, 3.63) is 42.7 Å². The Kier molecular flexibility index (Phi) is 5.25. The summed E-state index contributed by atoms with van der Waals surface area (Å²) in [6.45, 7) is 3.82. The minimum absolute atomic E-state index is 0.0544. The highest BCUT2D eigenvalue weighted by atomic mass is 16.5. The fraction of sp³-hybridized carbons (Fsp3) is 0.389. The van der Waals surface area contributed by atoms with Crippen molar-refractivity contribution < 1.29 is 9.53 Å². The normalized spacial score (nSPS) is 17.4. The highest BCUT2D eigenvalue weighted by Gasteiger charge is 2.22. The highest BCUT2D eigenvalue weighted by molar-refractivity contribution is 5.89. The van der Waals surface area contributed by atoms with Gasteiger partial charge in [-0.3, -0.25) is 0 Å². The zero-order chi connectivity index (χ0) is 16.8. The van der Waals surface area contributed by atoms with Gasteiger partial charge in [-0.15, -0.1) is 0 Å². The number of hydrogen-bond acceptors (Lipinski definition) is 4. The fourth-order valence-electron chi connectivity index (χ4n) is 2.87. The first-order valence-corrected chi connectivity index (χ1v) is 8.35. The molecular formula is C18H22N4O2. The molecule has 0 spiro atoms. The summed E-state index contributed by atoms with van der Waals surface area (Å²) < 4.78 is 5.59. The van der Waals surface area contributed by atoms with E-state index in [0.29, 0.717) is 17.4 Å². The Morgan fingerprint density at radius 1 is 1.33 bits per heavy atom. The van der Waals surface area contributed by atoms with Crippen molar-refractivity contribution in [3.8, 4) is 11.8 Å². The number of amides is 2. The van der Waals surface area contributed by atoms with Crippen molar-refractivity contribution in [1.29, 1.82) is 0 Å². The molecule has 0 unspecified atom stereocenters. The van der Waals surface area contributed by atoms with E-state index in [-0.39, 0.29) is 12.0 Å². The Morgan fingerprint density at radius 3 is 2.96 bits per heavy atom. The van der Waals surface area contributed by atoms with Gasteiger partial charge in [0.15, 0.2) is 0 Å². The number of carbonyl (C=O) groups is 1. The van der Waals surface area contributed by atoms with Gasteiger partial charge in [-0.2, -0.15) is 0 Å². The van der Waals surface area contributed by atoms with Gasteiger partial charge < -0.3 is 15.0 Å². The summed E-state index contributed by atoms with van der Waals surface area (Å²) in [5.41, 5.74) is 0.701. The second-order valence-electron chi connectivity index (χ2n) is 5.95. The lowest BCUT2D eigenvalue weighted by molar-refractivity contribution is 0.176. The molecule has 6 heteroatoms. The molecule has 3 rings (SSSR count). The standard InChI is InChI=1S/C18H22N4O2/c1-2-14-6-4-11-22(13-14)18(23)21-15-7-3-8-16(12-15)24-17-19-9-5-10-20-17/h3,5,7-10,12,14H,2,4,6,11,13H2,1H3,(H,21,23)/t14-/m1/s1. The highest BCUT2D eigenvalue weighted by Crippen LogP contribution is 2.23. The van der Waals surface area contributed by atoms with Crippen LogP contribution in [0.1, 0.15) is 26.2 Å². The maximum Gasteiger partial charge on any atom is 0.321 e. The van der Waals surface area contributed by atoms with Crippen molar-refractivity contribution in [3.63, 3.8) is 0 Å². The zero-order valence-electron chi connectivity index (χ0n) is 13.8. The van der Waals surface area contributed by atoms with Crippen molar-refractivity contribution >= 4 is 11.7 Å². The molecule has 2 aromatic rings. The van der Waals surface area contributed by atoms with Crippen molar-refractivity contribution in [2.24, 2.45) is 5.92 Å². The number of carbonyl (C=O) groups excluding carboxylic acids is 1. The zero-order valence-corrected chi connectivity index (χ0v) is 13.8. The predicted octanol–water partition coefficient (Wildman–Crippen LogP) is 3.92.